The van der Waals surface area contributed by atoms with Crippen LogP contribution in [0.5, 0.6) is 0 Å². The van der Waals surface area contributed by atoms with Crippen LogP contribution in [0.2, 0.25) is 0 Å². The standard InChI is InChI=1S/C9H23N3/c1-9(2)12(7-3-5-10)8-4-6-11/h9H,3-8,10-11H2,1-2H3. The predicted molar refractivity (Wildman–Crippen MR) is 54.1 cm³/mol. The minimum absolute atomic E-state index is 0.614. The first-order chi connectivity index (χ1) is 5.72. The smallest absolute Gasteiger partial charge is 0.00386 e. The van der Waals surface area contributed by atoms with Crippen LogP contribution in [0.25, 0.3) is 0 Å². The van der Waals surface area contributed by atoms with Gasteiger partial charge in [0.05, 0.1) is 0 Å². The van der Waals surface area contributed by atoms with Crippen molar-refractivity contribution in [1.82, 2.24) is 4.90 Å². The third kappa shape index (κ3) is 5.52. The highest BCUT2D eigenvalue weighted by atomic mass is 15.1. The molecule has 0 aromatic rings. The Hall–Kier alpha value is -0.120. The average molecular weight is 173 g/mol. The molecule has 0 spiro atoms. The van der Waals surface area contributed by atoms with Gasteiger partial charge in [0, 0.05) is 6.04 Å². The fourth-order valence-corrected chi connectivity index (χ4v) is 1.22. The monoisotopic (exact) mass is 173 g/mol. The second-order valence-corrected chi connectivity index (χ2v) is 3.41. The summed E-state index contributed by atoms with van der Waals surface area (Å²) in [4.78, 5) is 2.43. The van der Waals surface area contributed by atoms with Crippen molar-refractivity contribution in [2.24, 2.45) is 11.5 Å². The van der Waals surface area contributed by atoms with Crippen LogP contribution in [0.1, 0.15) is 26.7 Å². The molecule has 4 N–H and O–H groups in total. The van der Waals surface area contributed by atoms with Crippen molar-refractivity contribution in [3.05, 3.63) is 0 Å². The van der Waals surface area contributed by atoms with Crippen molar-refractivity contribution in [2.75, 3.05) is 26.2 Å². The summed E-state index contributed by atoms with van der Waals surface area (Å²) in [5, 5.41) is 0. The molecule has 0 aliphatic carbocycles. The van der Waals surface area contributed by atoms with Gasteiger partial charge in [0.2, 0.25) is 0 Å². The van der Waals surface area contributed by atoms with Crippen LogP contribution in [0.4, 0.5) is 0 Å². The normalized spacial score (nSPS) is 11.5. The van der Waals surface area contributed by atoms with Crippen LogP contribution in [-0.4, -0.2) is 37.1 Å². The first-order valence-electron chi connectivity index (χ1n) is 4.86. The van der Waals surface area contributed by atoms with Gasteiger partial charge in [-0.15, -0.1) is 0 Å². The van der Waals surface area contributed by atoms with Gasteiger partial charge in [0.1, 0.15) is 0 Å². The molecule has 3 nitrogen and oxygen atoms in total. The summed E-state index contributed by atoms with van der Waals surface area (Å²) in [6, 6.07) is 0.614. The summed E-state index contributed by atoms with van der Waals surface area (Å²) in [6.45, 7) is 8.21. The van der Waals surface area contributed by atoms with Crippen molar-refractivity contribution in [1.29, 1.82) is 0 Å². The van der Waals surface area contributed by atoms with Crippen molar-refractivity contribution in [2.45, 2.75) is 32.7 Å². The molecule has 12 heavy (non-hydrogen) atoms. The highest BCUT2D eigenvalue weighted by molar-refractivity contribution is 4.63. The number of nitrogens with two attached hydrogens (primary N) is 2. The SMILES string of the molecule is CC(C)N(CCCN)CCCN. The lowest BCUT2D eigenvalue weighted by Gasteiger charge is -2.25. The highest BCUT2D eigenvalue weighted by Gasteiger charge is 2.06. The summed E-state index contributed by atoms with van der Waals surface area (Å²) in [5.41, 5.74) is 10.9. The average Bonchev–Trinajstić information content (AvgIpc) is 2.04. The molecule has 0 radical (unpaired) electrons. The van der Waals surface area contributed by atoms with Gasteiger partial charge in [-0.25, -0.2) is 0 Å². The van der Waals surface area contributed by atoms with Crippen LogP contribution in [0.3, 0.4) is 0 Å². The summed E-state index contributed by atoms with van der Waals surface area (Å²) < 4.78 is 0. The van der Waals surface area contributed by atoms with Gasteiger partial charge in [-0.05, 0) is 52.9 Å². The largest absolute Gasteiger partial charge is 0.330 e. The fraction of sp³-hybridized carbons (Fsp3) is 1.00. The first kappa shape index (κ1) is 11.9. The number of hydrogen-bond acceptors (Lipinski definition) is 3. The maximum atomic E-state index is 5.45. The third-order valence-electron chi connectivity index (χ3n) is 2.03. The molecule has 0 saturated carbocycles. The third-order valence-corrected chi connectivity index (χ3v) is 2.03. The van der Waals surface area contributed by atoms with Gasteiger partial charge >= 0.3 is 0 Å². The van der Waals surface area contributed by atoms with Gasteiger partial charge in [-0.3, -0.25) is 0 Å². The predicted octanol–water partition coefficient (Wildman–Crippen LogP) is 0.394. The lowest BCUT2D eigenvalue weighted by Crippen LogP contribution is -2.34. The van der Waals surface area contributed by atoms with Crippen LogP contribution in [0, 0.1) is 0 Å². The summed E-state index contributed by atoms with van der Waals surface area (Å²) >= 11 is 0. The molecule has 0 amide bonds. The maximum absolute atomic E-state index is 5.45. The molecule has 3 heteroatoms. The Morgan fingerprint density at radius 2 is 1.42 bits per heavy atom. The Morgan fingerprint density at radius 1 is 1.00 bits per heavy atom. The Balaban J connectivity index is 3.55. The minimum atomic E-state index is 0.614. The van der Waals surface area contributed by atoms with Crippen LogP contribution in [-0.2, 0) is 0 Å². The van der Waals surface area contributed by atoms with Crippen molar-refractivity contribution in [3.8, 4) is 0 Å². The lowest BCUT2D eigenvalue weighted by atomic mass is 10.2. The Bertz CT molecular complexity index is 85.8. The molecular formula is C9H23N3. The van der Waals surface area contributed by atoms with Gasteiger partial charge in [-0.1, -0.05) is 0 Å². The maximum Gasteiger partial charge on any atom is 0.00386 e. The van der Waals surface area contributed by atoms with Gasteiger partial charge in [0.25, 0.3) is 0 Å². The molecule has 0 unspecified atom stereocenters. The summed E-state index contributed by atoms with van der Waals surface area (Å²) in [5.74, 6) is 0. The van der Waals surface area contributed by atoms with E-state index in [0.29, 0.717) is 6.04 Å². The molecule has 0 fully saturated rings. The van der Waals surface area contributed by atoms with Crippen LogP contribution < -0.4 is 11.5 Å². The van der Waals surface area contributed by atoms with Gasteiger partial charge < -0.3 is 16.4 Å². The van der Waals surface area contributed by atoms with Crippen molar-refractivity contribution >= 4 is 0 Å². The topological polar surface area (TPSA) is 55.3 Å². The van der Waals surface area contributed by atoms with Crippen molar-refractivity contribution in [3.63, 3.8) is 0 Å². The molecular weight excluding hydrogens is 150 g/mol. The van der Waals surface area contributed by atoms with Gasteiger partial charge in [-0.2, -0.15) is 0 Å². The van der Waals surface area contributed by atoms with E-state index in [1.165, 1.54) is 0 Å². The van der Waals surface area contributed by atoms with Crippen molar-refractivity contribution < 1.29 is 0 Å². The molecule has 0 bridgehead atoms. The highest BCUT2D eigenvalue weighted by Crippen LogP contribution is 1.99. The van der Waals surface area contributed by atoms with E-state index >= 15 is 0 Å². The molecule has 0 aliphatic heterocycles. The number of rotatable bonds is 7. The first-order valence-corrected chi connectivity index (χ1v) is 4.86. The molecule has 0 saturated heterocycles. The molecule has 0 rings (SSSR count). The molecule has 0 atom stereocenters. The molecule has 0 aromatic heterocycles. The zero-order valence-corrected chi connectivity index (χ0v) is 8.42. The van der Waals surface area contributed by atoms with E-state index in [4.69, 9.17) is 11.5 Å². The number of hydrogen-bond donors (Lipinski definition) is 2. The summed E-state index contributed by atoms with van der Waals surface area (Å²) in [6.07, 6.45) is 2.17. The van der Waals surface area contributed by atoms with E-state index in [9.17, 15) is 0 Å². The second-order valence-electron chi connectivity index (χ2n) is 3.41. The Labute approximate surface area is 76.1 Å². The lowest BCUT2D eigenvalue weighted by molar-refractivity contribution is 0.219. The Morgan fingerprint density at radius 3 is 1.67 bits per heavy atom. The zero-order valence-electron chi connectivity index (χ0n) is 8.42. The molecule has 0 heterocycles. The van der Waals surface area contributed by atoms with Gasteiger partial charge in [0.15, 0.2) is 0 Å². The zero-order chi connectivity index (χ0) is 9.40. The molecule has 74 valence electrons. The second kappa shape index (κ2) is 7.53. The van der Waals surface area contributed by atoms with E-state index in [-0.39, 0.29) is 0 Å². The minimum Gasteiger partial charge on any atom is -0.330 e. The molecule has 0 aliphatic rings. The number of nitrogens with zero attached hydrogens (tertiary/aromatic N) is 1. The van der Waals surface area contributed by atoms with Crippen LogP contribution >= 0.6 is 0 Å². The fourth-order valence-electron chi connectivity index (χ4n) is 1.22. The molecule has 0 aromatic carbocycles. The van der Waals surface area contributed by atoms with E-state index in [2.05, 4.69) is 18.7 Å². The van der Waals surface area contributed by atoms with E-state index < -0.39 is 0 Å². The Kier molecular flexibility index (Phi) is 7.45. The van der Waals surface area contributed by atoms with E-state index in [1.54, 1.807) is 0 Å². The van der Waals surface area contributed by atoms with Crippen LogP contribution in [0.15, 0.2) is 0 Å². The van der Waals surface area contributed by atoms with E-state index in [1.807, 2.05) is 0 Å². The van der Waals surface area contributed by atoms with E-state index in [0.717, 1.165) is 39.0 Å². The summed E-state index contributed by atoms with van der Waals surface area (Å²) in [7, 11) is 0. The quantitative estimate of drug-likeness (QED) is 0.586.